The Labute approximate surface area is 205 Å². The monoisotopic (exact) mass is 321 g/mol. The Balaban J connectivity index is 6.97. The summed E-state index contributed by atoms with van der Waals surface area (Å²) >= 11 is 0. The Morgan fingerprint density at radius 2 is 0.655 bits per heavy atom. The van der Waals surface area contributed by atoms with Crippen LogP contribution >= 0.6 is 0 Å². The fourth-order valence-electron chi connectivity index (χ4n) is 4.47. The van der Waals surface area contributed by atoms with Crippen molar-refractivity contribution in [3.63, 3.8) is 0 Å². The minimum atomic E-state index is -0.988. The average Bonchev–Trinajstić information content (AvgIpc) is 2.51. The van der Waals surface area contributed by atoms with E-state index >= 15 is 0 Å². The van der Waals surface area contributed by atoms with Gasteiger partial charge in [-0.3, -0.25) is 0 Å². The van der Waals surface area contributed by atoms with Gasteiger partial charge < -0.3 is 0 Å². The van der Waals surface area contributed by atoms with E-state index in [9.17, 15) is 0 Å². The highest BCUT2D eigenvalue weighted by atomic mass is 13.3. The fourth-order valence-corrected chi connectivity index (χ4v) is 4.47. The van der Waals surface area contributed by atoms with E-state index in [1.165, 1.54) is 0 Å². The molecule has 89 valence electrons. The minimum Gasteiger partial charge on any atom is 0.0000000000000235 e. The van der Waals surface area contributed by atoms with Crippen LogP contribution in [0.25, 0.3) is 0 Å². The van der Waals surface area contributed by atoms with Crippen LogP contribution in [0.3, 0.4) is 0 Å². The van der Waals surface area contributed by atoms with Crippen molar-refractivity contribution in [3.05, 3.63) is 0 Å². The van der Waals surface area contributed by atoms with Crippen molar-refractivity contribution < 1.29 is 0 Å². The van der Waals surface area contributed by atoms with E-state index in [1.54, 1.807) is 7.06 Å². The topological polar surface area (TPSA) is 0 Å². The van der Waals surface area contributed by atoms with E-state index in [0.29, 0.717) is 0 Å². The van der Waals surface area contributed by atoms with E-state index < -0.39 is 83.0 Å². The van der Waals surface area contributed by atoms with Gasteiger partial charge in [0.25, 0.3) is 0 Å². The third kappa shape index (κ3) is 8.63. The van der Waals surface area contributed by atoms with E-state index in [-0.39, 0.29) is 0 Å². The first-order valence-corrected chi connectivity index (χ1v) is 9.48. The summed E-state index contributed by atoms with van der Waals surface area (Å²) in [5.74, 6) is 0. The molecule has 0 N–H and O–H groups in total. The molecule has 29 heteroatoms. The Morgan fingerprint density at radius 3 is 0.828 bits per heavy atom. The molecule has 0 heterocycles. The van der Waals surface area contributed by atoms with Gasteiger partial charge in [-0.05, 0) is 0 Å². The van der Waals surface area contributed by atoms with Gasteiger partial charge in [0.1, 0.15) is 0 Å². The first-order chi connectivity index (χ1) is 13.2. The third-order valence-electron chi connectivity index (χ3n) is 5.66. The van der Waals surface area contributed by atoms with Crippen molar-refractivity contribution in [1.29, 1.82) is 0 Å². The van der Waals surface area contributed by atoms with Crippen molar-refractivity contribution in [3.8, 4) is 0 Å². The molecule has 0 bridgehead atoms. The highest BCUT2D eigenvalue weighted by Crippen LogP contribution is 2.13. The normalized spacial score (nSPS) is 9.38. The maximum absolute atomic E-state index is 6.13. The molecule has 0 atom stereocenters. The number of hydrogen-bond acceptors (Lipinski definition) is 0. The second-order valence-corrected chi connectivity index (χ2v) is 7.83. The molecular weight excluding hydrogens is 314 g/mol. The molecule has 0 aliphatic rings. The molecule has 0 aromatic heterocycles. The molecule has 0 amide bonds. The summed E-state index contributed by atoms with van der Waals surface area (Å²) in [6.07, 6.45) is -10.7. The summed E-state index contributed by atoms with van der Waals surface area (Å²) in [4.78, 5) is 0. The van der Waals surface area contributed by atoms with E-state index in [0.717, 1.165) is 0 Å². The zero-order valence-electron chi connectivity index (χ0n) is 17.0. The lowest BCUT2D eigenvalue weighted by molar-refractivity contribution is 3.26. The average molecular weight is 316 g/mol. The molecule has 29 radical (unpaired) electrons. The van der Waals surface area contributed by atoms with Gasteiger partial charge in [0.05, 0.1) is 0 Å². The van der Waals surface area contributed by atoms with Crippen molar-refractivity contribution in [2.75, 3.05) is 0 Å². The predicted molar refractivity (Wildman–Crippen MR) is 170 cm³/mol. The smallest absolute Gasteiger partial charge is 0.0000000000000235 e. The van der Waals surface area contributed by atoms with Gasteiger partial charge >= 0.3 is 0 Å². The molecule has 29 heavy (non-hydrogen) atoms. The predicted octanol–water partition coefficient (Wildman–Crippen LogP) is -11.6. The molecule has 0 saturated heterocycles. The van der Waals surface area contributed by atoms with Gasteiger partial charge in [0, 0.05) is 206 Å². The maximum Gasteiger partial charge on any atom is 0.0322 e. The van der Waals surface area contributed by atoms with Crippen LogP contribution in [0.2, 0.25) is 0 Å². The van der Waals surface area contributed by atoms with Crippen LogP contribution < -0.4 is 0 Å². The molecular formula is H2B29. The zero-order chi connectivity index (χ0) is 23.2. The Hall–Kier alpha value is 1.88. The lowest BCUT2D eigenvalue weighted by Gasteiger charge is -2.49. The fraction of sp³-hybridized carbons (Fsp3) is 0. The summed E-state index contributed by atoms with van der Waals surface area (Å²) in [7, 11) is 88.0. The Bertz CT molecular complexity index is 368. The molecule has 0 saturated carbocycles. The molecule has 0 aromatic carbocycles. The van der Waals surface area contributed by atoms with Crippen LogP contribution in [-0.4, -0.2) is 206 Å². The van der Waals surface area contributed by atoms with Crippen molar-refractivity contribution in [2.45, 2.75) is 0 Å². The highest BCUT2D eigenvalue weighted by molar-refractivity contribution is 8.26. The number of hydrogen-bond donors (Lipinski definition) is 0. The largest absolute Gasteiger partial charge is 0.0322 e. The van der Waals surface area contributed by atoms with Gasteiger partial charge in [-0.1, -0.05) is 0 Å². The van der Waals surface area contributed by atoms with Gasteiger partial charge in [-0.25, -0.2) is 0 Å². The molecule has 0 spiro atoms. The second-order valence-electron chi connectivity index (χ2n) is 7.83. The van der Waals surface area contributed by atoms with Crippen LogP contribution in [0.4, 0.5) is 0 Å². The third-order valence-corrected chi connectivity index (χ3v) is 5.66. The maximum atomic E-state index is 6.13. The molecule has 0 rings (SSSR count). The molecule has 0 aliphatic heterocycles. The molecule has 0 aliphatic carbocycles. The Kier molecular flexibility index (Phi) is 15.1. The van der Waals surface area contributed by atoms with Gasteiger partial charge in [0.15, 0.2) is 0 Å². The van der Waals surface area contributed by atoms with Crippen LogP contribution in [0, 0.1) is 0 Å². The van der Waals surface area contributed by atoms with E-state index in [2.05, 4.69) is 15.5 Å². The zero-order valence-corrected chi connectivity index (χ0v) is 17.0. The van der Waals surface area contributed by atoms with Crippen molar-refractivity contribution in [1.82, 2.24) is 0 Å². The minimum absolute atomic E-state index is 0.519. The molecule has 0 nitrogen and oxygen atoms in total. The first-order valence-electron chi connectivity index (χ1n) is 9.48. The summed E-state index contributed by atoms with van der Waals surface area (Å²) < 4.78 is 0. The standard InChI is InChI=1S/B29H2/c1-16-24(17(2)3)28(25(18(4)5)19(6)7)29(26(20(8)9)21(10)11)27(22(12)13)23(14)15/h1-2H. The Morgan fingerprint density at radius 1 is 0.414 bits per heavy atom. The first kappa shape index (κ1) is 30.9. The van der Waals surface area contributed by atoms with Gasteiger partial charge in [-0.15, -0.1) is 0 Å². The lowest BCUT2D eigenvalue weighted by Crippen LogP contribution is -2.87. The van der Waals surface area contributed by atoms with Crippen LogP contribution in [-0.2, 0) is 0 Å². The van der Waals surface area contributed by atoms with Gasteiger partial charge in [0.2, 0.25) is 0 Å². The molecule has 0 aromatic rings. The lowest BCUT2D eigenvalue weighted by atomic mass is 8.32. The van der Waals surface area contributed by atoms with Crippen LogP contribution in [0.15, 0.2) is 0 Å². The van der Waals surface area contributed by atoms with Crippen LogP contribution in [0.1, 0.15) is 0 Å². The van der Waals surface area contributed by atoms with Gasteiger partial charge in [-0.2, -0.15) is 0 Å². The summed E-state index contributed by atoms with van der Waals surface area (Å²) in [5, 5.41) is 0. The van der Waals surface area contributed by atoms with Crippen molar-refractivity contribution in [2.24, 2.45) is 0 Å². The molecule has 0 fully saturated rings. The summed E-state index contributed by atoms with van der Waals surface area (Å²) in [5.41, 5.74) is 0. The summed E-state index contributed by atoms with van der Waals surface area (Å²) in [6.45, 7) is 0. The van der Waals surface area contributed by atoms with E-state index in [4.69, 9.17) is 101 Å². The van der Waals surface area contributed by atoms with Crippen molar-refractivity contribution >= 4 is 206 Å². The van der Waals surface area contributed by atoms with Crippen LogP contribution in [0.5, 0.6) is 0 Å². The quantitative estimate of drug-likeness (QED) is 0.296. The summed E-state index contributed by atoms with van der Waals surface area (Å²) in [6, 6.07) is 0. The molecule has 0 unspecified atom stereocenters. The number of rotatable bonds is 13. The van der Waals surface area contributed by atoms with E-state index in [1.807, 2.05) is 0 Å². The highest BCUT2D eigenvalue weighted by Gasteiger charge is 2.51. The SMILES string of the molecule is [B]B([B])B(B([B])[B])B(B([B][BH])B([B])[BH])B(B(B([B])[B])B([B])[B])B(B([B])[B])B([B])[B]. The second kappa shape index (κ2) is 14.2.